The summed E-state index contributed by atoms with van der Waals surface area (Å²) in [6.07, 6.45) is 0.649. The summed E-state index contributed by atoms with van der Waals surface area (Å²) in [6.45, 7) is 2.90. The maximum atomic E-state index is 13.4. The minimum atomic E-state index is -3.70. The van der Waals surface area contributed by atoms with Crippen LogP contribution in [-0.2, 0) is 14.8 Å². The lowest BCUT2D eigenvalue weighted by Crippen LogP contribution is -2.48. The second kappa shape index (κ2) is 5.44. The average molecular weight is 288 g/mol. The highest BCUT2D eigenvalue weighted by Gasteiger charge is 2.33. The number of nitrogen functional groups attached to an aromatic ring is 1. The number of benzene rings is 1. The molecular weight excluding hydrogens is 271 g/mol. The first-order valence-corrected chi connectivity index (χ1v) is 7.55. The first kappa shape index (κ1) is 14.2. The molecule has 0 saturated carbocycles. The Kier molecular flexibility index (Phi) is 4.07. The van der Waals surface area contributed by atoms with Gasteiger partial charge in [-0.05, 0) is 24.6 Å². The normalized spacial score (nSPS) is 21.5. The van der Waals surface area contributed by atoms with E-state index in [0.717, 1.165) is 6.07 Å². The third kappa shape index (κ3) is 2.72. The van der Waals surface area contributed by atoms with Crippen LogP contribution in [0.4, 0.5) is 10.1 Å². The molecule has 1 fully saturated rings. The third-order valence-electron chi connectivity index (χ3n) is 3.22. The van der Waals surface area contributed by atoms with E-state index in [-0.39, 0.29) is 23.2 Å². The Bertz CT molecular complexity index is 562. The van der Waals surface area contributed by atoms with Crippen molar-refractivity contribution >= 4 is 15.7 Å². The molecule has 0 bridgehead atoms. The standard InChI is InChI=1S/C12H17FN2O3S/c1-2-9-8-18-6-5-15(9)19(16,17)10-3-4-12(14)11(13)7-10/h3-4,7,9H,2,5-6,8,14H2,1H3. The Morgan fingerprint density at radius 1 is 1.53 bits per heavy atom. The number of morpholine rings is 1. The fourth-order valence-corrected chi connectivity index (χ4v) is 3.76. The van der Waals surface area contributed by atoms with Crippen molar-refractivity contribution in [2.45, 2.75) is 24.3 Å². The van der Waals surface area contributed by atoms with E-state index in [2.05, 4.69) is 0 Å². The predicted molar refractivity (Wildman–Crippen MR) is 69.6 cm³/mol. The molecule has 1 heterocycles. The second-order valence-corrected chi connectivity index (χ2v) is 6.33. The topological polar surface area (TPSA) is 72.6 Å². The van der Waals surface area contributed by atoms with Gasteiger partial charge in [0.15, 0.2) is 0 Å². The van der Waals surface area contributed by atoms with E-state index < -0.39 is 15.8 Å². The number of sulfonamides is 1. The number of anilines is 1. The molecule has 1 aromatic carbocycles. The van der Waals surface area contributed by atoms with Gasteiger partial charge in [-0.25, -0.2) is 12.8 Å². The minimum Gasteiger partial charge on any atom is -0.396 e. The van der Waals surface area contributed by atoms with Crippen LogP contribution in [0, 0.1) is 5.82 Å². The average Bonchev–Trinajstić information content (AvgIpc) is 2.41. The Morgan fingerprint density at radius 2 is 2.26 bits per heavy atom. The lowest BCUT2D eigenvalue weighted by molar-refractivity contribution is 0.0314. The molecule has 0 aliphatic carbocycles. The Balaban J connectivity index is 2.37. The van der Waals surface area contributed by atoms with Crippen LogP contribution < -0.4 is 5.73 Å². The second-order valence-electron chi connectivity index (χ2n) is 4.44. The van der Waals surface area contributed by atoms with Gasteiger partial charge in [0.2, 0.25) is 10.0 Å². The van der Waals surface area contributed by atoms with Crippen LogP contribution in [0.1, 0.15) is 13.3 Å². The van der Waals surface area contributed by atoms with Crippen molar-refractivity contribution < 1.29 is 17.5 Å². The van der Waals surface area contributed by atoms with Crippen molar-refractivity contribution in [3.05, 3.63) is 24.0 Å². The summed E-state index contributed by atoms with van der Waals surface area (Å²) in [4.78, 5) is -0.0699. The van der Waals surface area contributed by atoms with Gasteiger partial charge in [-0.15, -0.1) is 0 Å². The molecule has 1 unspecified atom stereocenters. The van der Waals surface area contributed by atoms with Crippen LogP contribution >= 0.6 is 0 Å². The highest BCUT2D eigenvalue weighted by molar-refractivity contribution is 7.89. The molecule has 2 N–H and O–H groups in total. The Morgan fingerprint density at radius 3 is 2.89 bits per heavy atom. The highest BCUT2D eigenvalue weighted by Crippen LogP contribution is 2.24. The van der Waals surface area contributed by atoms with Crippen molar-refractivity contribution in [3.63, 3.8) is 0 Å². The molecule has 5 nitrogen and oxygen atoms in total. The molecule has 0 spiro atoms. The smallest absolute Gasteiger partial charge is 0.243 e. The maximum Gasteiger partial charge on any atom is 0.243 e. The van der Waals surface area contributed by atoms with E-state index in [0.29, 0.717) is 19.6 Å². The molecule has 7 heteroatoms. The zero-order valence-electron chi connectivity index (χ0n) is 10.7. The van der Waals surface area contributed by atoms with Gasteiger partial charge < -0.3 is 10.5 Å². The number of hydrogen-bond acceptors (Lipinski definition) is 4. The summed E-state index contributed by atoms with van der Waals surface area (Å²) in [6, 6.07) is 3.35. The first-order valence-electron chi connectivity index (χ1n) is 6.11. The number of ether oxygens (including phenoxy) is 1. The largest absolute Gasteiger partial charge is 0.396 e. The molecule has 0 aromatic heterocycles. The van der Waals surface area contributed by atoms with Gasteiger partial charge in [-0.2, -0.15) is 4.31 Å². The SMILES string of the molecule is CCC1COCCN1S(=O)(=O)c1ccc(N)c(F)c1. The first-order chi connectivity index (χ1) is 8.96. The zero-order chi connectivity index (χ0) is 14.0. The third-order valence-corrected chi connectivity index (χ3v) is 5.17. The molecule has 106 valence electrons. The van der Waals surface area contributed by atoms with Crippen LogP contribution in [0.2, 0.25) is 0 Å². The lowest BCUT2D eigenvalue weighted by atomic mass is 10.2. The van der Waals surface area contributed by atoms with Crippen LogP contribution in [-0.4, -0.2) is 38.5 Å². The van der Waals surface area contributed by atoms with Crippen molar-refractivity contribution in [1.29, 1.82) is 0 Å². The maximum absolute atomic E-state index is 13.4. The summed E-state index contributed by atoms with van der Waals surface area (Å²) in [5.74, 6) is -0.720. The summed E-state index contributed by atoms with van der Waals surface area (Å²) >= 11 is 0. The molecule has 1 aliphatic heterocycles. The predicted octanol–water partition coefficient (Wildman–Crippen LogP) is 1.21. The van der Waals surface area contributed by atoms with Gasteiger partial charge in [0.1, 0.15) is 5.82 Å². The van der Waals surface area contributed by atoms with Crippen molar-refractivity contribution in [2.24, 2.45) is 0 Å². The van der Waals surface area contributed by atoms with Gasteiger partial charge in [0, 0.05) is 12.6 Å². The van der Waals surface area contributed by atoms with Gasteiger partial charge >= 0.3 is 0 Å². The van der Waals surface area contributed by atoms with E-state index in [1.54, 1.807) is 0 Å². The molecule has 2 rings (SSSR count). The quantitative estimate of drug-likeness (QED) is 0.848. The molecule has 19 heavy (non-hydrogen) atoms. The van der Waals surface area contributed by atoms with Crippen LogP contribution in [0.3, 0.4) is 0 Å². The van der Waals surface area contributed by atoms with Crippen molar-refractivity contribution in [2.75, 3.05) is 25.5 Å². The molecule has 1 saturated heterocycles. The number of nitrogens with two attached hydrogens (primary N) is 1. The van der Waals surface area contributed by atoms with Gasteiger partial charge in [-0.1, -0.05) is 6.92 Å². The molecule has 1 atom stereocenters. The fourth-order valence-electron chi connectivity index (χ4n) is 2.08. The van der Waals surface area contributed by atoms with Crippen LogP contribution in [0.5, 0.6) is 0 Å². The van der Waals surface area contributed by atoms with Crippen molar-refractivity contribution in [1.82, 2.24) is 4.31 Å². The summed E-state index contributed by atoms with van der Waals surface area (Å²) < 4.78 is 45.0. The van der Waals surface area contributed by atoms with E-state index >= 15 is 0 Å². The van der Waals surface area contributed by atoms with Gasteiger partial charge in [-0.3, -0.25) is 0 Å². The minimum absolute atomic E-state index is 0.0621. The molecule has 0 radical (unpaired) electrons. The summed E-state index contributed by atoms with van der Waals surface area (Å²) in [5, 5.41) is 0. The molecular formula is C12H17FN2O3S. The summed E-state index contributed by atoms with van der Waals surface area (Å²) in [7, 11) is -3.70. The fraction of sp³-hybridized carbons (Fsp3) is 0.500. The monoisotopic (exact) mass is 288 g/mol. The van der Waals surface area contributed by atoms with Crippen LogP contribution in [0.25, 0.3) is 0 Å². The number of halogens is 1. The summed E-state index contributed by atoms with van der Waals surface area (Å²) in [5.41, 5.74) is 5.30. The van der Waals surface area contributed by atoms with E-state index in [4.69, 9.17) is 10.5 Å². The van der Waals surface area contributed by atoms with Crippen LogP contribution in [0.15, 0.2) is 23.1 Å². The molecule has 0 amide bonds. The van der Waals surface area contributed by atoms with Gasteiger partial charge in [0.25, 0.3) is 0 Å². The number of hydrogen-bond donors (Lipinski definition) is 1. The molecule has 1 aliphatic rings. The Labute approximate surface area is 112 Å². The van der Waals surface area contributed by atoms with Gasteiger partial charge in [0.05, 0.1) is 23.8 Å². The number of nitrogens with zero attached hydrogens (tertiary/aromatic N) is 1. The zero-order valence-corrected chi connectivity index (χ0v) is 11.5. The van der Waals surface area contributed by atoms with Crippen molar-refractivity contribution in [3.8, 4) is 0 Å². The molecule has 1 aromatic rings. The van der Waals surface area contributed by atoms with E-state index in [1.807, 2.05) is 6.92 Å². The van der Waals surface area contributed by atoms with E-state index in [9.17, 15) is 12.8 Å². The Hall–Kier alpha value is -1.18. The lowest BCUT2D eigenvalue weighted by Gasteiger charge is -2.33. The highest BCUT2D eigenvalue weighted by atomic mass is 32.2. The van der Waals surface area contributed by atoms with E-state index in [1.165, 1.54) is 16.4 Å². The number of rotatable bonds is 3.